The molecule has 1 fully saturated rings. The molecule has 0 bridgehead atoms. The molecule has 0 aromatic heterocycles. The standard InChI is InChI=1S/C29H28FN3O8S/c1-42(38,39)33-16-8-15-29(33,23-13-5-6-14-24(23)30)27(36)41-25(34)18-32(28(31)37)22-12-7-11-21(17-22)26(35)40-19-20-9-3-2-4-10-20/h2-7,9-14,17H,8,15-16,18-19H2,1H3,(H2,31,37). The van der Waals surface area contributed by atoms with E-state index < -0.39 is 51.9 Å². The normalized spacial score (nSPS) is 16.9. The van der Waals surface area contributed by atoms with E-state index in [2.05, 4.69) is 0 Å². The smallest absolute Gasteiger partial charge is 0.340 e. The first-order valence-corrected chi connectivity index (χ1v) is 14.6. The Kier molecular flexibility index (Phi) is 9.02. The van der Waals surface area contributed by atoms with Crippen molar-refractivity contribution in [3.05, 3.63) is 101 Å². The molecular weight excluding hydrogens is 569 g/mol. The quantitative estimate of drug-likeness (QED) is 0.292. The average Bonchev–Trinajstić information content (AvgIpc) is 3.42. The molecule has 2 N–H and O–H groups in total. The van der Waals surface area contributed by atoms with Gasteiger partial charge < -0.3 is 15.2 Å². The Hall–Kier alpha value is -4.62. The van der Waals surface area contributed by atoms with Crippen molar-refractivity contribution in [3.8, 4) is 0 Å². The Morgan fingerprint density at radius 1 is 1.00 bits per heavy atom. The first-order chi connectivity index (χ1) is 19.9. The van der Waals surface area contributed by atoms with Crippen molar-refractivity contribution in [2.45, 2.75) is 25.0 Å². The van der Waals surface area contributed by atoms with Gasteiger partial charge in [0.1, 0.15) is 19.0 Å². The Morgan fingerprint density at radius 2 is 1.69 bits per heavy atom. The fourth-order valence-corrected chi connectivity index (χ4v) is 6.17. The maximum atomic E-state index is 14.9. The number of carbonyl (C=O) groups excluding carboxylic acids is 4. The number of rotatable bonds is 9. The number of esters is 3. The van der Waals surface area contributed by atoms with Crippen molar-refractivity contribution in [1.29, 1.82) is 0 Å². The molecule has 220 valence electrons. The topological polar surface area (TPSA) is 153 Å². The lowest BCUT2D eigenvalue weighted by Crippen LogP contribution is -2.52. The molecule has 1 aliphatic heterocycles. The van der Waals surface area contributed by atoms with Crippen LogP contribution < -0.4 is 10.6 Å². The predicted molar refractivity (Wildman–Crippen MR) is 149 cm³/mol. The summed E-state index contributed by atoms with van der Waals surface area (Å²) in [5.74, 6) is -4.13. The number of benzene rings is 3. The Morgan fingerprint density at radius 3 is 2.36 bits per heavy atom. The van der Waals surface area contributed by atoms with Crippen molar-refractivity contribution < 1.29 is 41.5 Å². The number of hydrogen-bond donors (Lipinski definition) is 1. The number of anilines is 1. The van der Waals surface area contributed by atoms with Crippen LogP contribution in [0.25, 0.3) is 0 Å². The largest absolute Gasteiger partial charge is 0.457 e. The Bertz CT molecular complexity index is 1620. The fourth-order valence-electron chi connectivity index (χ4n) is 4.88. The van der Waals surface area contributed by atoms with E-state index in [0.717, 1.165) is 27.1 Å². The van der Waals surface area contributed by atoms with E-state index in [-0.39, 0.29) is 42.8 Å². The molecule has 42 heavy (non-hydrogen) atoms. The van der Waals surface area contributed by atoms with Gasteiger partial charge in [-0.15, -0.1) is 0 Å². The highest BCUT2D eigenvalue weighted by molar-refractivity contribution is 7.88. The summed E-state index contributed by atoms with van der Waals surface area (Å²) < 4.78 is 51.3. The number of ether oxygens (including phenoxy) is 2. The molecule has 3 aromatic rings. The second kappa shape index (κ2) is 12.5. The van der Waals surface area contributed by atoms with Crippen molar-refractivity contribution in [3.63, 3.8) is 0 Å². The van der Waals surface area contributed by atoms with Gasteiger partial charge in [-0.2, -0.15) is 4.31 Å². The fraction of sp³-hybridized carbons (Fsp3) is 0.241. The number of hydrogen-bond acceptors (Lipinski definition) is 8. The summed E-state index contributed by atoms with van der Waals surface area (Å²) in [7, 11) is -4.04. The summed E-state index contributed by atoms with van der Waals surface area (Å²) in [6.45, 7) is -0.959. The molecule has 11 nitrogen and oxygen atoms in total. The summed E-state index contributed by atoms with van der Waals surface area (Å²) >= 11 is 0. The SMILES string of the molecule is CS(=O)(=O)N1CCCC1(C(=O)OC(=O)CN(C(N)=O)c1cccc(C(=O)OCc2ccccc2)c1)c1ccccc1F. The van der Waals surface area contributed by atoms with Crippen LogP contribution in [0.3, 0.4) is 0 Å². The van der Waals surface area contributed by atoms with Gasteiger partial charge in [-0.05, 0) is 42.7 Å². The minimum atomic E-state index is -4.04. The highest BCUT2D eigenvalue weighted by Gasteiger charge is 2.56. The second-order valence-electron chi connectivity index (χ2n) is 9.58. The van der Waals surface area contributed by atoms with Gasteiger partial charge in [0.05, 0.1) is 11.8 Å². The van der Waals surface area contributed by atoms with Crippen LogP contribution >= 0.6 is 0 Å². The van der Waals surface area contributed by atoms with Gasteiger partial charge in [0.25, 0.3) is 0 Å². The van der Waals surface area contributed by atoms with Crippen LogP contribution in [0.15, 0.2) is 78.9 Å². The summed E-state index contributed by atoms with van der Waals surface area (Å²) in [6, 6.07) is 18.5. The molecule has 3 aromatic carbocycles. The van der Waals surface area contributed by atoms with E-state index in [0.29, 0.717) is 0 Å². The zero-order chi connectivity index (χ0) is 30.5. The van der Waals surface area contributed by atoms with Gasteiger partial charge in [0.15, 0.2) is 5.54 Å². The zero-order valence-electron chi connectivity index (χ0n) is 22.6. The van der Waals surface area contributed by atoms with Gasteiger partial charge >= 0.3 is 23.9 Å². The molecule has 1 saturated heterocycles. The third-order valence-corrected chi connectivity index (χ3v) is 8.04. The maximum absolute atomic E-state index is 14.9. The monoisotopic (exact) mass is 597 g/mol. The van der Waals surface area contributed by atoms with Crippen LogP contribution in [0.5, 0.6) is 0 Å². The van der Waals surface area contributed by atoms with Crippen LogP contribution in [0.2, 0.25) is 0 Å². The van der Waals surface area contributed by atoms with Crippen LogP contribution in [0.1, 0.15) is 34.3 Å². The maximum Gasteiger partial charge on any atom is 0.340 e. The minimum absolute atomic E-state index is 0.00608. The lowest BCUT2D eigenvalue weighted by atomic mass is 9.88. The van der Waals surface area contributed by atoms with Gasteiger partial charge in [0, 0.05) is 17.8 Å². The number of urea groups is 1. The molecular formula is C29H28FN3O8S. The van der Waals surface area contributed by atoms with Crippen LogP contribution in [0, 0.1) is 5.82 Å². The third kappa shape index (κ3) is 6.47. The molecule has 1 atom stereocenters. The van der Waals surface area contributed by atoms with Gasteiger partial charge in [0.2, 0.25) is 10.0 Å². The van der Waals surface area contributed by atoms with Gasteiger partial charge in [-0.25, -0.2) is 32.0 Å². The molecule has 1 heterocycles. The highest BCUT2D eigenvalue weighted by atomic mass is 32.2. The molecule has 0 aliphatic carbocycles. The van der Waals surface area contributed by atoms with E-state index in [4.69, 9.17) is 15.2 Å². The van der Waals surface area contributed by atoms with E-state index in [1.165, 1.54) is 42.5 Å². The molecule has 1 aliphatic rings. The molecule has 13 heteroatoms. The zero-order valence-corrected chi connectivity index (χ0v) is 23.4. The minimum Gasteiger partial charge on any atom is -0.457 e. The lowest BCUT2D eigenvalue weighted by Gasteiger charge is -2.35. The number of nitrogens with two attached hydrogens (primary N) is 1. The van der Waals surface area contributed by atoms with Gasteiger partial charge in [-0.1, -0.05) is 54.6 Å². The van der Waals surface area contributed by atoms with E-state index in [1.54, 1.807) is 24.3 Å². The number of nitrogens with zero attached hydrogens (tertiary/aromatic N) is 2. The molecule has 2 amide bonds. The molecule has 0 radical (unpaired) electrons. The Labute approximate surface area is 241 Å². The third-order valence-electron chi connectivity index (χ3n) is 6.75. The van der Waals surface area contributed by atoms with Crippen LogP contribution in [0.4, 0.5) is 14.9 Å². The number of amides is 2. The molecule has 4 rings (SSSR count). The van der Waals surface area contributed by atoms with Crippen molar-refractivity contribution in [1.82, 2.24) is 4.31 Å². The van der Waals surface area contributed by atoms with Crippen LogP contribution in [-0.2, 0) is 41.2 Å². The van der Waals surface area contributed by atoms with E-state index in [9.17, 15) is 32.0 Å². The number of carbonyl (C=O) groups is 4. The lowest BCUT2D eigenvalue weighted by molar-refractivity contribution is -0.166. The average molecular weight is 598 g/mol. The van der Waals surface area contributed by atoms with Crippen molar-refractivity contribution >= 4 is 39.6 Å². The van der Waals surface area contributed by atoms with Crippen LogP contribution in [-0.4, -0.2) is 56.0 Å². The number of sulfonamides is 1. The summed E-state index contributed by atoms with van der Waals surface area (Å²) in [5.41, 5.74) is 3.95. The first kappa shape index (κ1) is 30.3. The van der Waals surface area contributed by atoms with Gasteiger partial charge in [-0.3, -0.25) is 4.90 Å². The molecule has 1 unspecified atom stereocenters. The molecule has 0 saturated carbocycles. The predicted octanol–water partition coefficient (Wildman–Crippen LogP) is 3.09. The van der Waals surface area contributed by atoms with E-state index in [1.807, 2.05) is 6.07 Å². The summed E-state index contributed by atoms with van der Waals surface area (Å²) in [5, 5.41) is 0. The summed E-state index contributed by atoms with van der Waals surface area (Å²) in [6.07, 6.45) is 0.931. The van der Waals surface area contributed by atoms with Crippen molar-refractivity contribution in [2.24, 2.45) is 5.73 Å². The highest BCUT2D eigenvalue weighted by Crippen LogP contribution is 2.43. The summed E-state index contributed by atoms with van der Waals surface area (Å²) in [4.78, 5) is 52.1. The Balaban J connectivity index is 1.54. The number of halogens is 1. The second-order valence-corrected chi connectivity index (χ2v) is 11.5. The van der Waals surface area contributed by atoms with E-state index >= 15 is 0 Å². The number of primary amides is 1. The van der Waals surface area contributed by atoms with Crippen molar-refractivity contribution in [2.75, 3.05) is 24.2 Å². The first-order valence-electron chi connectivity index (χ1n) is 12.8. The molecule has 0 spiro atoms.